The Hall–Kier alpha value is -0.780. The summed E-state index contributed by atoms with van der Waals surface area (Å²) >= 11 is 1.72. The number of thioether (sulfide) groups is 1. The number of pyridine rings is 1. The zero-order valence-electron chi connectivity index (χ0n) is 8.48. The van der Waals surface area contributed by atoms with Crippen molar-refractivity contribution in [3.8, 4) is 0 Å². The van der Waals surface area contributed by atoms with Gasteiger partial charge < -0.3 is 15.8 Å². The van der Waals surface area contributed by atoms with Crippen LogP contribution in [-0.4, -0.2) is 36.5 Å². The number of nitrogens with two attached hydrogens (primary N) is 1. The molecule has 2 rings (SSSR count). The molecule has 1 saturated heterocycles. The molecular weight excluding hydrogens is 210 g/mol. The lowest BCUT2D eigenvalue weighted by molar-refractivity contribution is 0.0441. The van der Waals surface area contributed by atoms with Crippen molar-refractivity contribution in [2.75, 3.05) is 31.2 Å². The van der Waals surface area contributed by atoms with Crippen molar-refractivity contribution in [3.05, 3.63) is 18.5 Å². The molecule has 0 bridgehead atoms. The fourth-order valence-corrected chi connectivity index (χ4v) is 2.39. The fraction of sp³-hybridized carbons (Fsp3) is 0.500. The van der Waals surface area contributed by atoms with Gasteiger partial charge in [-0.2, -0.15) is 0 Å². The number of rotatable bonds is 3. The van der Waals surface area contributed by atoms with Crippen LogP contribution in [0.3, 0.4) is 0 Å². The van der Waals surface area contributed by atoms with Crippen molar-refractivity contribution < 1.29 is 4.74 Å². The van der Waals surface area contributed by atoms with Crippen LogP contribution in [0.4, 0.5) is 5.69 Å². The lowest BCUT2D eigenvalue weighted by Gasteiger charge is -2.23. The van der Waals surface area contributed by atoms with Gasteiger partial charge in [0.15, 0.2) is 0 Å². The van der Waals surface area contributed by atoms with Gasteiger partial charge >= 0.3 is 0 Å². The van der Waals surface area contributed by atoms with E-state index < -0.39 is 0 Å². The number of aromatic nitrogens is 1. The molecule has 0 aromatic carbocycles. The first-order chi connectivity index (χ1) is 7.36. The number of morpholine rings is 1. The van der Waals surface area contributed by atoms with Gasteiger partial charge in [0.2, 0.25) is 0 Å². The molecule has 15 heavy (non-hydrogen) atoms. The van der Waals surface area contributed by atoms with Crippen molar-refractivity contribution in [1.82, 2.24) is 10.3 Å². The number of nitrogens with one attached hydrogen (secondary N) is 1. The molecule has 0 amide bonds. The molecule has 0 saturated carbocycles. The van der Waals surface area contributed by atoms with E-state index in [2.05, 4.69) is 10.3 Å². The third-order valence-electron chi connectivity index (χ3n) is 2.24. The van der Waals surface area contributed by atoms with Gasteiger partial charge in [-0.05, 0) is 6.07 Å². The predicted molar refractivity (Wildman–Crippen MR) is 62.0 cm³/mol. The maximum absolute atomic E-state index is 5.80. The number of anilines is 1. The molecule has 3 N–H and O–H groups in total. The Labute approximate surface area is 93.6 Å². The van der Waals surface area contributed by atoms with Gasteiger partial charge in [0.1, 0.15) is 0 Å². The first kappa shape index (κ1) is 10.7. The summed E-state index contributed by atoms with van der Waals surface area (Å²) in [5.74, 6) is 0.932. The molecule has 1 aromatic heterocycles. The maximum atomic E-state index is 5.80. The summed E-state index contributed by atoms with van der Waals surface area (Å²) in [5, 5.41) is 3.30. The molecule has 82 valence electrons. The van der Waals surface area contributed by atoms with E-state index in [4.69, 9.17) is 10.5 Å². The monoisotopic (exact) mass is 225 g/mol. The molecule has 0 aliphatic carbocycles. The van der Waals surface area contributed by atoms with Crippen molar-refractivity contribution in [1.29, 1.82) is 0 Å². The number of hydrogen-bond donors (Lipinski definition) is 2. The van der Waals surface area contributed by atoms with E-state index in [1.807, 2.05) is 6.07 Å². The molecule has 1 atom stereocenters. The van der Waals surface area contributed by atoms with E-state index >= 15 is 0 Å². The van der Waals surface area contributed by atoms with Crippen molar-refractivity contribution in [3.63, 3.8) is 0 Å². The lowest BCUT2D eigenvalue weighted by atomic mass is 10.3. The highest BCUT2D eigenvalue weighted by Crippen LogP contribution is 2.24. The SMILES string of the molecule is Nc1cnccc1SCC1CNCCO1. The average Bonchev–Trinajstić information content (AvgIpc) is 2.29. The van der Waals surface area contributed by atoms with E-state index in [9.17, 15) is 0 Å². The summed E-state index contributed by atoms with van der Waals surface area (Å²) in [4.78, 5) is 5.04. The second-order valence-corrected chi connectivity index (χ2v) is 4.48. The molecule has 1 aromatic rings. The molecular formula is C10H15N3OS. The van der Waals surface area contributed by atoms with Crippen molar-refractivity contribution in [2.24, 2.45) is 0 Å². The van der Waals surface area contributed by atoms with Crippen LogP contribution in [-0.2, 0) is 4.74 Å². The van der Waals surface area contributed by atoms with Crippen LogP contribution in [0.25, 0.3) is 0 Å². The molecule has 0 radical (unpaired) electrons. The summed E-state index contributed by atoms with van der Waals surface area (Å²) < 4.78 is 5.60. The van der Waals surface area contributed by atoms with Gasteiger partial charge in [-0.25, -0.2) is 0 Å². The first-order valence-corrected chi connectivity index (χ1v) is 5.99. The van der Waals surface area contributed by atoms with E-state index in [1.54, 1.807) is 24.2 Å². The van der Waals surface area contributed by atoms with Gasteiger partial charge in [-0.3, -0.25) is 4.98 Å². The van der Waals surface area contributed by atoms with E-state index in [0.717, 1.165) is 36.0 Å². The number of hydrogen-bond acceptors (Lipinski definition) is 5. The molecule has 5 heteroatoms. The van der Waals surface area contributed by atoms with E-state index in [1.165, 1.54) is 0 Å². The zero-order valence-corrected chi connectivity index (χ0v) is 9.30. The molecule has 1 unspecified atom stereocenters. The summed E-state index contributed by atoms with van der Waals surface area (Å²) in [6.07, 6.45) is 3.73. The molecule has 4 nitrogen and oxygen atoms in total. The van der Waals surface area contributed by atoms with Crippen LogP contribution in [0.2, 0.25) is 0 Å². The zero-order chi connectivity index (χ0) is 10.5. The highest BCUT2D eigenvalue weighted by molar-refractivity contribution is 7.99. The minimum Gasteiger partial charge on any atom is -0.397 e. The summed E-state index contributed by atoms with van der Waals surface area (Å²) in [5.41, 5.74) is 6.54. The van der Waals surface area contributed by atoms with Gasteiger partial charge in [0, 0.05) is 29.9 Å². The Bertz CT molecular complexity index is 315. The van der Waals surface area contributed by atoms with Crippen molar-refractivity contribution >= 4 is 17.4 Å². The first-order valence-electron chi connectivity index (χ1n) is 5.01. The minimum absolute atomic E-state index is 0.288. The van der Waals surface area contributed by atoms with E-state index in [0.29, 0.717) is 0 Å². The van der Waals surface area contributed by atoms with Crippen molar-refractivity contribution in [2.45, 2.75) is 11.0 Å². The fourth-order valence-electron chi connectivity index (χ4n) is 1.43. The predicted octanol–water partition coefficient (Wildman–Crippen LogP) is 0.744. The number of nitrogen functional groups attached to an aromatic ring is 1. The van der Waals surface area contributed by atoms with Gasteiger partial charge in [-0.1, -0.05) is 0 Å². The Morgan fingerprint density at radius 3 is 3.33 bits per heavy atom. The van der Waals surface area contributed by atoms with Crippen LogP contribution in [0, 0.1) is 0 Å². The molecule has 1 aliphatic heterocycles. The summed E-state index contributed by atoms with van der Waals surface area (Å²) in [6, 6.07) is 1.94. The summed E-state index contributed by atoms with van der Waals surface area (Å²) in [6.45, 7) is 2.69. The number of nitrogens with zero attached hydrogens (tertiary/aromatic N) is 1. The smallest absolute Gasteiger partial charge is 0.0793 e. The third kappa shape index (κ3) is 3.09. The Morgan fingerprint density at radius 1 is 1.67 bits per heavy atom. The normalized spacial score (nSPS) is 21.5. The topological polar surface area (TPSA) is 60.2 Å². The molecule has 2 heterocycles. The molecule has 1 aliphatic rings. The average molecular weight is 225 g/mol. The van der Waals surface area contributed by atoms with Crippen LogP contribution in [0.1, 0.15) is 0 Å². The highest BCUT2D eigenvalue weighted by Gasteiger charge is 2.13. The Kier molecular flexibility index (Phi) is 3.82. The molecule has 0 spiro atoms. The van der Waals surface area contributed by atoms with E-state index in [-0.39, 0.29) is 6.10 Å². The second kappa shape index (κ2) is 5.34. The molecule has 1 fully saturated rings. The van der Waals surface area contributed by atoms with Crippen LogP contribution < -0.4 is 11.1 Å². The lowest BCUT2D eigenvalue weighted by Crippen LogP contribution is -2.39. The Morgan fingerprint density at radius 2 is 2.60 bits per heavy atom. The highest BCUT2D eigenvalue weighted by atomic mass is 32.2. The van der Waals surface area contributed by atoms with Gasteiger partial charge in [0.25, 0.3) is 0 Å². The van der Waals surface area contributed by atoms with Gasteiger partial charge in [-0.15, -0.1) is 11.8 Å². The Balaban J connectivity index is 1.84. The second-order valence-electron chi connectivity index (χ2n) is 3.42. The third-order valence-corrected chi connectivity index (χ3v) is 3.46. The standard InChI is InChI=1S/C10H15N3OS/c11-9-6-12-2-1-10(9)15-7-8-5-13-3-4-14-8/h1-2,6,8,13H,3-5,7,11H2. The van der Waals surface area contributed by atoms with Crippen LogP contribution >= 0.6 is 11.8 Å². The van der Waals surface area contributed by atoms with Crippen LogP contribution in [0.5, 0.6) is 0 Å². The number of ether oxygens (including phenoxy) is 1. The van der Waals surface area contributed by atoms with Gasteiger partial charge in [0.05, 0.1) is 24.6 Å². The quantitative estimate of drug-likeness (QED) is 0.743. The minimum atomic E-state index is 0.288. The largest absolute Gasteiger partial charge is 0.397 e. The van der Waals surface area contributed by atoms with Crippen LogP contribution in [0.15, 0.2) is 23.4 Å². The maximum Gasteiger partial charge on any atom is 0.0793 e. The summed E-state index contributed by atoms with van der Waals surface area (Å²) in [7, 11) is 0.